The minimum absolute atomic E-state index is 0.572. The van der Waals surface area contributed by atoms with E-state index in [0.717, 1.165) is 23.8 Å². The molecule has 3 rings (SSSR count). The van der Waals surface area contributed by atoms with Crippen LogP contribution < -0.4 is 5.73 Å². The summed E-state index contributed by atoms with van der Waals surface area (Å²) in [4.78, 5) is 4.68. The molecule has 0 aliphatic heterocycles. The summed E-state index contributed by atoms with van der Waals surface area (Å²) in [5.41, 5.74) is 9.36. The van der Waals surface area contributed by atoms with Crippen LogP contribution in [0.1, 0.15) is 41.5 Å². The molecule has 1 saturated carbocycles. The quantitative estimate of drug-likeness (QED) is 0.913. The van der Waals surface area contributed by atoms with E-state index in [1.165, 1.54) is 24.0 Å². The summed E-state index contributed by atoms with van der Waals surface area (Å²) in [7, 11) is 0. The number of hydrogen-bond donors (Lipinski definition) is 1. The third kappa shape index (κ3) is 2.28. The first-order valence-electron chi connectivity index (χ1n) is 6.93. The maximum absolute atomic E-state index is 5.70. The number of nitrogens with zero attached hydrogens (tertiary/aromatic N) is 3. The molecule has 1 heterocycles. The van der Waals surface area contributed by atoms with E-state index in [9.17, 15) is 0 Å². The minimum Gasteiger partial charge on any atom is -0.330 e. The van der Waals surface area contributed by atoms with Gasteiger partial charge in [0.1, 0.15) is 5.82 Å². The van der Waals surface area contributed by atoms with Gasteiger partial charge in [-0.2, -0.15) is 5.10 Å². The number of aryl methyl sites for hydroxylation is 1. The third-order valence-corrected chi connectivity index (χ3v) is 3.81. The number of rotatable bonds is 4. The third-order valence-electron chi connectivity index (χ3n) is 3.81. The lowest BCUT2D eigenvalue weighted by atomic mass is 10.1. The summed E-state index contributed by atoms with van der Waals surface area (Å²) in [6, 6.07) is 6.30. The molecule has 0 atom stereocenters. The molecular weight excluding hydrogens is 236 g/mol. The molecule has 0 saturated heterocycles. The number of benzene rings is 1. The van der Waals surface area contributed by atoms with Crippen molar-refractivity contribution in [3.63, 3.8) is 0 Å². The Morgan fingerprint density at radius 2 is 2.11 bits per heavy atom. The molecule has 1 aromatic carbocycles. The van der Waals surface area contributed by atoms with Crippen LogP contribution in [0.5, 0.6) is 0 Å². The van der Waals surface area contributed by atoms with E-state index in [0.29, 0.717) is 12.5 Å². The van der Waals surface area contributed by atoms with E-state index in [-0.39, 0.29) is 0 Å². The zero-order chi connectivity index (χ0) is 13.4. The van der Waals surface area contributed by atoms with Crippen molar-refractivity contribution in [1.82, 2.24) is 14.8 Å². The molecule has 1 fully saturated rings. The monoisotopic (exact) mass is 256 g/mol. The van der Waals surface area contributed by atoms with Gasteiger partial charge in [-0.3, -0.25) is 0 Å². The standard InChI is InChI=1S/C15H20N4/c1-10-4-3-5-13(11(10)2)19-14(8-9-16)17-15(18-19)12-6-7-12/h3-5,12H,6-9,16H2,1-2H3. The first kappa shape index (κ1) is 12.4. The zero-order valence-corrected chi connectivity index (χ0v) is 11.6. The van der Waals surface area contributed by atoms with Crippen LogP contribution in [0.3, 0.4) is 0 Å². The van der Waals surface area contributed by atoms with E-state index in [2.05, 4.69) is 37.0 Å². The Morgan fingerprint density at radius 3 is 2.79 bits per heavy atom. The lowest BCUT2D eigenvalue weighted by molar-refractivity contribution is 0.765. The van der Waals surface area contributed by atoms with Crippen molar-refractivity contribution in [3.8, 4) is 5.69 Å². The maximum atomic E-state index is 5.70. The highest BCUT2D eigenvalue weighted by atomic mass is 15.4. The highest BCUT2D eigenvalue weighted by Crippen LogP contribution is 2.38. The van der Waals surface area contributed by atoms with Gasteiger partial charge in [-0.1, -0.05) is 12.1 Å². The topological polar surface area (TPSA) is 56.7 Å². The molecule has 0 unspecified atom stereocenters. The van der Waals surface area contributed by atoms with Gasteiger partial charge in [-0.25, -0.2) is 9.67 Å². The van der Waals surface area contributed by atoms with Crippen molar-refractivity contribution < 1.29 is 0 Å². The summed E-state index contributed by atoms with van der Waals surface area (Å²) < 4.78 is 1.99. The molecule has 0 amide bonds. The van der Waals surface area contributed by atoms with Crippen LogP contribution in [-0.4, -0.2) is 21.3 Å². The Bertz CT molecular complexity index is 596. The van der Waals surface area contributed by atoms with Crippen molar-refractivity contribution in [2.24, 2.45) is 5.73 Å². The van der Waals surface area contributed by atoms with Crippen molar-refractivity contribution in [2.75, 3.05) is 6.54 Å². The summed E-state index contributed by atoms with van der Waals surface area (Å²) in [5, 5.41) is 4.71. The molecule has 2 N–H and O–H groups in total. The van der Waals surface area contributed by atoms with Crippen LogP contribution in [0.2, 0.25) is 0 Å². The summed E-state index contributed by atoms with van der Waals surface area (Å²) in [6.07, 6.45) is 3.21. The van der Waals surface area contributed by atoms with E-state index in [1.807, 2.05) is 4.68 Å². The molecule has 19 heavy (non-hydrogen) atoms. The molecule has 4 nitrogen and oxygen atoms in total. The first-order chi connectivity index (χ1) is 9.20. The second kappa shape index (κ2) is 4.78. The predicted octanol–water partition coefficient (Wildman–Crippen LogP) is 2.26. The lowest BCUT2D eigenvalue weighted by Gasteiger charge is -2.10. The van der Waals surface area contributed by atoms with Gasteiger partial charge in [0.15, 0.2) is 5.82 Å². The van der Waals surface area contributed by atoms with E-state index in [1.54, 1.807) is 0 Å². The summed E-state index contributed by atoms with van der Waals surface area (Å²) in [6.45, 7) is 4.86. The van der Waals surface area contributed by atoms with Gasteiger partial charge in [0.2, 0.25) is 0 Å². The molecule has 2 aromatic rings. The smallest absolute Gasteiger partial charge is 0.154 e. The largest absolute Gasteiger partial charge is 0.330 e. The van der Waals surface area contributed by atoms with E-state index < -0.39 is 0 Å². The van der Waals surface area contributed by atoms with Crippen LogP contribution in [0.4, 0.5) is 0 Å². The summed E-state index contributed by atoms with van der Waals surface area (Å²) in [5.74, 6) is 2.55. The highest BCUT2D eigenvalue weighted by molar-refractivity contribution is 5.44. The van der Waals surface area contributed by atoms with Gasteiger partial charge in [0.05, 0.1) is 5.69 Å². The molecular formula is C15H20N4. The van der Waals surface area contributed by atoms with Gasteiger partial charge in [0.25, 0.3) is 0 Å². The fourth-order valence-electron chi connectivity index (χ4n) is 2.33. The van der Waals surface area contributed by atoms with Gasteiger partial charge >= 0.3 is 0 Å². The molecule has 1 aliphatic rings. The zero-order valence-electron chi connectivity index (χ0n) is 11.6. The van der Waals surface area contributed by atoms with Crippen LogP contribution in [-0.2, 0) is 6.42 Å². The lowest BCUT2D eigenvalue weighted by Crippen LogP contribution is -2.11. The van der Waals surface area contributed by atoms with E-state index in [4.69, 9.17) is 10.8 Å². The average molecular weight is 256 g/mol. The number of aromatic nitrogens is 3. The molecule has 0 radical (unpaired) electrons. The minimum atomic E-state index is 0.572. The second-order valence-corrected chi connectivity index (χ2v) is 5.33. The van der Waals surface area contributed by atoms with Crippen LogP contribution >= 0.6 is 0 Å². The Morgan fingerprint density at radius 1 is 1.32 bits per heavy atom. The summed E-state index contributed by atoms with van der Waals surface area (Å²) >= 11 is 0. The Kier molecular flexibility index (Phi) is 3.11. The molecule has 1 aliphatic carbocycles. The maximum Gasteiger partial charge on any atom is 0.154 e. The Hall–Kier alpha value is -1.68. The van der Waals surface area contributed by atoms with Crippen molar-refractivity contribution in [3.05, 3.63) is 41.0 Å². The fraction of sp³-hybridized carbons (Fsp3) is 0.467. The van der Waals surface area contributed by atoms with Crippen LogP contribution in [0.15, 0.2) is 18.2 Å². The molecule has 0 bridgehead atoms. The molecule has 0 spiro atoms. The number of nitrogens with two attached hydrogens (primary N) is 1. The average Bonchev–Trinajstić information content (AvgIpc) is 3.16. The van der Waals surface area contributed by atoms with Gasteiger partial charge in [-0.15, -0.1) is 0 Å². The van der Waals surface area contributed by atoms with Crippen molar-refractivity contribution >= 4 is 0 Å². The van der Waals surface area contributed by atoms with Gasteiger partial charge in [-0.05, 0) is 50.4 Å². The predicted molar refractivity (Wildman–Crippen MR) is 75.6 cm³/mol. The SMILES string of the molecule is Cc1cccc(-n2nc(C3CC3)nc2CCN)c1C. The van der Waals surface area contributed by atoms with Crippen molar-refractivity contribution in [2.45, 2.75) is 39.0 Å². The van der Waals surface area contributed by atoms with Crippen molar-refractivity contribution in [1.29, 1.82) is 0 Å². The fourth-order valence-corrected chi connectivity index (χ4v) is 2.33. The Balaban J connectivity index is 2.09. The van der Waals surface area contributed by atoms with Crippen LogP contribution in [0, 0.1) is 13.8 Å². The molecule has 100 valence electrons. The van der Waals surface area contributed by atoms with Gasteiger partial charge < -0.3 is 5.73 Å². The molecule has 4 heteroatoms. The highest BCUT2D eigenvalue weighted by Gasteiger charge is 2.29. The first-order valence-corrected chi connectivity index (χ1v) is 6.93. The van der Waals surface area contributed by atoms with Crippen LogP contribution in [0.25, 0.3) is 5.69 Å². The molecule has 1 aromatic heterocycles. The second-order valence-electron chi connectivity index (χ2n) is 5.33. The number of hydrogen-bond acceptors (Lipinski definition) is 3. The van der Waals surface area contributed by atoms with E-state index >= 15 is 0 Å². The normalized spacial score (nSPS) is 14.9. The van der Waals surface area contributed by atoms with Gasteiger partial charge in [0, 0.05) is 12.3 Å². The Labute approximate surface area is 113 Å².